The van der Waals surface area contributed by atoms with Crippen LogP contribution >= 0.6 is 15.9 Å². The molecule has 0 saturated heterocycles. The third-order valence-electron chi connectivity index (χ3n) is 1.14. The fourth-order valence-corrected chi connectivity index (χ4v) is 1.40. The molecule has 0 N–H and O–H groups in total. The summed E-state index contributed by atoms with van der Waals surface area (Å²) in [6, 6.07) is 0. The van der Waals surface area contributed by atoms with Gasteiger partial charge < -0.3 is 0 Å². The summed E-state index contributed by atoms with van der Waals surface area (Å²) >= 11 is 2.89. The fraction of sp³-hybridized carbons (Fsp3) is 0.500. The standard InChI is InChI=1S/C8H13BrO2S/c1-2-3-4-5-6-7-12(10,11)8-9/h4-7H,2-3,8H2,1H3. The Morgan fingerprint density at radius 2 is 2.00 bits per heavy atom. The molecule has 12 heavy (non-hydrogen) atoms. The van der Waals surface area contributed by atoms with E-state index in [2.05, 4.69) is 22.9 Å². The Kier molecular flexibility index (Phi) is 6.38. The molecule has 0 amide bonds. The lowest BCUT2D eigenvalue weighted by Gasteiger charge is -1.86. The molecule has 4 heteroatoms. The molecule has 70 valence electrons. The lowest BCUT2D eigenvalue weighted by molar-refractivity contribution is 0.609. The Bertz CT molecular complexity index is 252. The molecule has 0 aliphatic carbocycles. The van der Waals surface area contributed by atoms with Crippen LogP contribution in [-0.4, -0.2) is 13.1 Å². The van der Waals surface area contributed by atoms with E-state index >= 15 is 0 Å². The molecule has 0 unspecified atom stereocenters. The molecule has 0 rings (SSSR count). The van der Waals surface area contributed by atoms with E-state index in [0.29, 0.717) is 0 Å². The van der Waals surface area contributed by atoms with Crippen LogP contribution in [0.3, 0.4) is 0 Å². The predicted molar refractivity (Wildman–Crippen MR) is 55.9 cm³/mol. The summed E-state index contributed by atoms with van der Waals surface area (Å²) in [5.74, 6) is 0. The zero-order valence-corrected chi connectivity index (χ0v) is 9.44. The average Bonchev–Trinajstić information content (AvgIpc) is 2.04. The second kappa shape index (κ2) is 6.43. The monoisotopic (exact) mass is 252 g/mol. The van der Waals surface area contributed by atoms with E-state index in [0.717, 1.165) is 12.8 Å². The second-order valence-electron chi connectivity index (χ2n) is 2.32. The number of allylic oxidation sites excluding steroid dienone is 3. The van der Waals surface area contributed by atoms with Crippen molar-refractivity contribution in [3.05, 3.63) is 23.6 Å². The van der Waals surface area contributed by atoms with Crippen molar-refractivity contribution in [3.8, 4) is 0 Å². The van der Waals surface area contributed by atoms with E-state index in [4.69, 9.17) is 0 Å². The highest BCUT2D eigenvalue weighted by Gasteiger charge is 1.99. The summed E-state index contributed by atoms with van der Waals surface area (Å²) in [4.78, 5) is 0. The lowest BCUT2D eigenvalue weighted by atomic mass is 10.3. The van der Waals surface area contributed by atoms with Gasteiger partial charge >= 0.3 is 0 Å². The van der Waals surface area contributed by atoms with Crippen LogP contribution in [0.15, 0.2) is 23.6 Å². The molecule has 0 aromatic rings. The molecule has 0 aromatic heterocycles. The van der Waals surface area contributed by atoms with Crippen molar-refractivity contribution < 1.29 is 8.42 Å². The fourth-order valence-electron chi connectivity index (χ4n) is 0.543. The minimum Gasteiger partial charge on any atom is -0.223 e. The van der Waals surface area contributed by atoms with Gasteiger partial charge in [0.1, 0.15) is 4.66 Å². The Morgan fingerprint density at radius 3 is 2.50 bits per heavy atom. The van der Waals surface area contributed by atoms with Gasteiger partial charge in [-0.25, -0.2) is 8.42 Å². The number of hydrogen-bond acceptors (Lipinski definition) is 2. The van der Waals surface area contributed by atoms with Crippen molar-refractivity contribution in [2.75, 3.05) is 4.66 Å². The van der Waals surface area contributed by atoms with Gasteiger partial charge in [0.25, 0.3) is 0 Å². The predicted octanol–water partition coefficient (Wildman–Crippen LogP) is 2.62. The molecular formula is C8H13BrO2S. The van der Waals surface area contributed by atoms with E-state index in [9.17, 15) is 8.42 Å². The molecule has 2 nitrogen and oxygen atoms in total. The van der Waals surface area contributed by atoms with E-state index in [1.54, 1.807) is 12.2 Å². The topological polar surface area (TPSA) is 34.1 Å². The maximum atomic E-state index is 10.9. The zero-order valence-electron chi connectivity index (χ0n) is 7.03. The third-order valence-corrected chi connectivity index (χ3v) is 3.93. The molecule has 0 bridgehead atoms. The van der Waals surface area contributed by atoms with E-state index in [1.807, 2.05) is 6.08 Å². The number of unbranched alkanes of at least 4 members (excludes halogenated alkanes) is 1. The van der Waals surface area contributed by atoms with Crippen LogP contribution in [0.2, 0.25) is 0 Å². The van der Waals surface area contributed by atoms with Gasteiger partial charge in [-0.2, -0.15) is 0 Å². The van der Waals surface area contributed by atoms with Crippen molar-refractivity contribution >= 4 is 25.8 Å². The van der Waals surface area contributed by atoms with E-state index in [-0.39, 0.29) is 4.66 Å². The first-order chi connectivity index (χ1) is 5.62. The average molecular weight is 253 g/mol. The van der Waals surface area contributed by atoms with Gasteiger partial charge in [0.15, 0.2) is 9.84 Å². The van der Waals surface area contributed by atoms with Crippen LogP contribution in [0.1, 0.15) is 19.8 Å². The zero-order chi connectivity index (χ0) is 9.45. The van der Waals surface area contributed by atoms with Crippen LogP contribution in [0.25, 0.3) is 0 Å². The number of sulfone groups is 1. The van der Waals surface area contributed by atoms with Crippen molar-refractivity contribution in [2.45, 2.75) is 19.8 Å². The van der Waals surface area contributed by atoms with Gasteiger partial charge in [-0.15, -0.1) is 0 Å². The third kappa shape index (κ3) is 6.61. The SMILES string of the molecule is CCCC=CC=CS(=O)(=O)CBr. The van der Waals surface area contributed by atoms with Gasteiger partial charge in [-0.1, -0.05) is 47.5 Å². The van der Waals surface area contributed by atoms with Crippen molar-refractivity contribution in [1.29, 1.82) is 0 Å². The quantitative estimate of drug-likeness (QED) is 0.557. The molecule has 0 fully saturated rings. The molecule has 0 radical (unpaired) electrons. The Morgan fingerprint density at radius 1 is 1.33 bits per heavy atom. The van der Waals surface area contributed by atoms with Crippen LogP contribution in [-0.2, 0) is 9.84 Å². The number of rotatable bonds is 5. The summed E-state index contributed by atoms with van der Waals surface area (Å²) in [5.41, 5.74) is 0. The summed E-state index contributed by atoms with van der Waals surface area (Å²) in [6.45, 7) is 2.07. The molecule has 0 heterocycles. The van der Waals surface area contributed by atoms with Crippen LogP contribution in [0.5, 0.6) is 0 Å². The molecule has 0 spiro atoms. The maximum absolute atomic E-state index is 10.9. The van der Waals surface area contributed by atoms with Crippen LogP contribution in [0, 0.1) is 0 Å². The minimum absolute atomic E-state index is 0.0158. The normalized spacial score (nSPS) is 13.2. The molecule has 0 aliphatic heterocycles. The van der Waals surface area contributed by atoms with Gasteiger partial charge in [-0.3, -0.25) is 0 Å². The maximum Gasteiger partial charge on any atom is 0.181 e. The summed E-state index contributed by atoms with van der Waals surface area (Å²) in [7, 11) is -3.02. The minimum atomic E-state index is -3.02. The van der Waals surface area contributed by atoms with Crippen molar-refractivity contribution in [1.82, 2.24) is 0 Å². The Hall–Kier alpha value is -0.0900. The smallest absolute Gasteiger partial charge is 0.181 e. The van der Waals surface area contributed by atoms with Gasteiger partial charge in [0, 0.05) is 5.41 Å². The van der Waals surface area contributed by atoms with E-state index in [1.165, 1.54) is 5.41 Å². The van der Waals surface area contributed by atoms with Gasteiger partial charge in [-0.05, 0) is 6.42 Å². The van der Waals surface area contributed by atoms with Crippen molar-refractivity contribution in [3.63, 3.8) is 0 Å². The molecule has 0 aliphatic rings. The molecular weight excluding hydrogens is 240 g/mol. The summed E-state index contributed by atoms with van der Waals surface area (Å²) < 4.78 is 21.7. The van der Waals surface area contributed by atoms with Gasteiger partial charge in [0.2, 0.25) is 0 Å². The molecule has 0 aromatic carbocycles. The molecule has 0 saturated carbocycles. The highest BCUT2D eigenvalue weighted by Crippen LogP contribution is 1.98. The first kappa shape index (κ1) is 11.9. The number of hydrogen-bond donors (Lipinski definition) is 0. The summed E-state index contributed by atoms with van der Waals surface area (Å²) in [5, 5.41) is 1.20. The number of alkyl halides is 1. The Balaban J connectivity index is 3.92. The van der Waals surface area contributed by atoms with E-state index < -0.39 is 9.84 Å². The highest BCUT2D eigenvalue weighted by molar-refractivity contribution is 9.10. The van der Waals surface area contributed by atoms with Crippen LogP contribution < -0.4 is 0 Å². The summed E-state index contributed by atoms with van der Waals surface area (Å²) in [6.07, 6.45) is 7.31. The first-order valence-corrected chi connectivity index (χ1v) is 6.58. The van der Waals surface area contributed by atoms with Crippen LogP contribution in [0.4, 0.5) is 0 Å². The highest BCUT2D eigenvalue weighted by atomic mass is 79.9. The second-order valence-corrected chi connectivity index (χ2v) is 5.51. The first-order valence-electron chi connectivity index (χ1n) is 3.74. The number of halogens is 1. The van der Waals surface area contributed by atoms with Gasteiger partial charge in [0.05, 0.1) is 0 Å². The Labute approximate surface area is 82.4 Å². The molecule has 0 atom stereocenters. The van der Waals surface area contributed by atoms with Crippen molar-refractivity contribution in [2.24, 2.45) is 0 Å². The largest absolute Gasteiger partial charge is 0.223 e. The lowest BCUT2D eigenvalue weighted by Crippen LogP contribution is -1.93.